The van der Waals surface area contributed by atoms with Crippen LogP contribution in [-0.2, 0) is 9.59 Å². The SMILES string of the molecule is CCCCN(CC(N)=O)C(=O)N1CCCCC1C(=O)O. The number of carbonyl (C=O) groups is 3. The summed E-state index contributed by atoms with van der Waals surface area (Å²) in [6.45, 7) is 2.65. The van der Waals surface area contributed by atoms with Crippen LogP contribution in [0.25, 0.3) is 0 Å². The fourth-order valence-corrected chi connectivity index (χ4v) is 2.38. The molecule has 1 aliphatic heterocycles. The molecule has 3 amide bonds. The minimum Gasteiger partial charge on any atom is -0.480 e. The van der Waals surface area contributed by atoms with Gasteiger partial charge in [-0.1, -0.05) is 13.3 Å². The van der Waals surface area contributed by atoms with Crippen molar-refractivity contribution >= 4 is 17.9 Å². The van der Waals surface area contributed by atoms with Gasteiger partial charge in [-0.25, -0.2) is 9.59 Å². The number of primary amides is 1. The molecule has 3 N–H and O–H groups in total. The molecule has 0 bridgehead atoms. The van der Waals surface area contributed by atoms with E-state index in [0.29, 0.717) is 19.5 Å². The highest BCUT2D eigenvalue weighted by Crippen LogP contribution is 2.19. The lowest BCUT2D eigenvalue weighted by atomic mass is 10.0. The number of piperidine rings is 1. The molecule has 0 aromatic heterocycles. The van der Waals surface area contributed by atoms with Gasteiger partial charge in [0, 0.05) is 13.1 Å². The first-order chi connectivity index (χ1) is 9.47. The number of aliphatic carboxylic acids is 1. The van der Waals surface area contributed by atoms with Gasteiger partial charge in [0.25, 0.3) is 0 Å². The molecule has 0 aliphatic carbocycles. The highest BCUT2D eigenvalue weighted by atomic mass is 16.4. The molecule has 0 saturated carbocycles. The molecule has 0 spiro atoms. The third-order valence-corrected chi connectivity index (χ3v) is 3.43. The average molecular weight is 285 g/mol. The van der Waals surface area contributed by atoms with Gasteiger partial charge < -0.3 is 20.6 Å². The van der Waals surface area contributed by atoms with Crippen LogP contribution in [0, 0.1) is 0 Å². The van der Waals surface area contributed by atoms with Gasteiger partial charge in [0.05, 0.1) is 0 Å². The molecule has 1 atom stereocenters. The molecule has 0 aromatic rings. The minimum absolute atomic E-state index is 0.165. The van der Waals surface area contributed by atoms with Crippen molar-refractivity contribution in [2.75, 3.05) is 19.6 Å². The summed E-state index contributed by atoms with van der Waals surface area (Å²) in [5.74, 6) is -1.58. The monoisotopic (exact) mass is 285 g/mol. The Hall–Kier alpha value is -1.79. The van der Waals surface area contributed by atoms with Crippen LogP contribution in [-0.4, -0.2) is 58.5 Å². The molecule has 0 radical (unpaired) electrons. The van der Waals surface area contributed by atoms with Crippen LogP contribution in [0.15, 0.2) is 0 Å². The van der Waals surface area contributed by atoms with E-state index in [4.69, 9.17) is 5.73 Å². The van der Waals surface area contributed by atoms with Crippen molar-refractivity contribution in [3.8, 4) is 0 Å². The summed E-state index contributed by atoms with van der Waals surface area (Å²) in [5.41, 5.74) is 5.16. The van der Waals surface area contributed by atoms with E-state index in [2.05, 4.69) is 0 Å². The Kier molecular flexibility index (Phi) is 6.27. The Morgan fingerprint density at radius 1 is 1.35 bits per heavy atom. The van der Waals surface area contributed by atoms with E-state index < -0.39 is 23.9 Å². The molecular weight excluding hydrogens is 262 g/mol. The number of hydrogen-bond acceptors (Lipinski definition) is 3. The summed E-state index contributed by atoms with van der Waals surface area (Å²) in [5, 5.41) is 9.19. The summed E-state index contributed by atoms with van der Waals surface area (Å²) >= 11 is 0. The number of nitrogens with zero attached hydrogens (tertiary/aromatic N) is 2. The number of hydrogen-bond donors (Lipinski definition) is 2. The topological polar surface area (TPSA) is 104 Å². The van der Waals surface area contributed by atoms with Crippen LogP contribution >= 0.6 is 0 Å². The molecule has 7 nitrogen and oxygen atoms in total. The van der Waals surface area contributed by atoms with E-state index in [1.54, 1.807) is 0 Å². The highest BCUT2D eigenvalue weighted by Gasteiger charge is 2.34. The Morgan fingerprint density at radius 3 is 2.60 bits per heavy atom. The van der Waals surface area contributed by atoms with Crippen LogP contribution in [0.2, 0.25) is 0 Å². The summed E-state index contributed by atoms with van der Waals surface area (Å²) in [4.78, 5) is 37.4. The van der Waals surface area contributed by atoms with E-state index in [9.17, 15) is 19.5 Å². The molecule has 1 rings (SSSR count). The van der Waals surface area contributed by atoms with Gasteiger partial charge in [0.1, 0.15) is 12.6 Å². The summed E-state index contributed by atoms with van der Waals surface area (Å²) in [7, 11) is 0. The van der Waals surface area contributed by atoms with Crippen molar-refractivity contribution in [1.82, 2.24) is 9.80 Å². The normalized spacial score (nSPS) is 18.6. The van der Waals surface area contributed by atoms with E-state index in [1.807, 2.05) is 6.92 Å². The van der Waals surface area contributed by atoms with Crippen molar-refractivity contribution < 1.29 is 19.5 Å². The predicted molar refractivity (Wildman–Crippen MR) is 73.1 cm³/mol. The van der Waals surface area contributed by atoms with Crippen LogP contribution in [0.4, 0.5) is 4.79 Å². The van der Waals surface area contributed by atoms with E-state index >= 15 is 0 Å². The predicted octanol–water partition coefficient (Wildman–Crippen LogP) is 0.633. The fraction of sp³-hybridized carbons (Fsp3) is 0.769. The summed E-state index contributed by atoms with van der Waals surface area (Å²) in [6, 6.07) is -1.20. The third-order valence-electron chi connectivity index (χ3n) is 3.43. The van der Waals surface area contributed by atoms with Gasteiger partial charge in [-0.2, -0.15) is 0 Å². The lowest BCUT2D eigenvalue weighted by Crippen LogP contribution is -2.54. The minimum atomic E-state index is -0.993. The zero-order valence-electron chi connectivity index (χ0n) is 11.9. The van der Waals surface area contributed by atoms with Crippen LogP contribution in [0.5, 0.6) is 0 Å². The van der Waals surface area contributed by atoms with Gasteiger partial charge in [-0.3, -0.25) is 4.79 Å². The fourth-order valence-electron chi connectivity index (χ4n) is 2.38. The standard InChI is InChI=1S/C13H23N3O4/c1-2-3-7-15(9-11(14)17)13(20)16-8-5-4-6-10(16)12(18)19/h10H,2-9H2,1H3,(H2,14,17)(H,18,19). The molecular formula is C13H23N3O4. The molecule has 7 heteroatoms. The summed E-state index contributed by atoms with van der Waals surface area (Å²) < 4.78 is 0. The van der Waals surface area contributed by atoms with Gasteiger partial charge >= 0.3 is 12.0 Å². The maximum Gasteiger partial charge on any atom is 0.326 e. The Balaban J connectivity index is 2.79. The first-order valence-electron chi connectivity index (χ1n) is 7.04. The quantitative estimate of drug-likeness (QED) is 0.747. The van der Waals surface area contributed by atoms with Gasteiger partial charge in [0.15, 0.2) is 0 Å². The van der Waals surface area contributed by atoms with Crippen molar-refractivity contribution in [2.45, 2.75) is 45.1 Å². The first-order valence-corrected chi connectivity index (χ1v) is 7.04. The molecule has 1 saturated heterocycles. The third kappa shape index (κ3) is 4.40. The maximum absolute atomic E-state index is 12.4. The number of carboxylic acid groups (broad SMARTS) is 1. The molecule has 1 heterocycles. The lowest BCUT2D eigenvalue weighted by Gasteiger charge is -2.36. The highest BCUT2D eigenvalue weighted by molar-refractivity contribution is 5.86. The zero-order chi connectivity index (χ0) is 15.1. The van der Waals surface area contributed by atoms with Crippen LogP contribution in [0.1, 0.15) is 39.0 Å². The first kappa shape index (κ1) is 16.3. The van der Waals surface area contributed by atoms with Crippen LogP contribution < -0.4 is 5.73 Å². The van der Waals surface area contributed by atoms with Crippen LogP contribution in [0.3, 0.4) is 0 Å². The maximum atomic E-state index is 12.4. The van der Waals surface area contributed by atoms with Gasteiger partial charge in [-0.15, -0.1) is 0 Å². The molecule has 1 fully saturated rings. The second kappa shape index (κ2) is 7.72. The number of likely N-dealkylation sites (tertiary alicyclic amines) is 1. The molecule has 20 heavy (non-hydrogen) atoms. The van der Waals surface area contributed by atoms with Crippen molar-refractivity contribution in [3.05, 3.63) is 0 Å². The largest absolute Gasteiger partial charge is 0.480 e. The second-order valence-electron chi connectivity index (χ2n) is 5.07. The second-order valence-corrected chi connectivity index (χ2v) is 5.07. The number of amides is 3. The van der Waals surface area contributed by atoms with E-state index in [-0.39, 0.29) is 6.54 Å². The molecule has 1 unspecified atom stereocenters. The zero-order valence-corrected chi connectivity index (χ0v) is 11.9. The number of rotatable bonds is 6. The number of unbranched alkanes of at least 4 members (excludes halogenated alkanes) is 1. The smallest absolute Gasteiger partial charge is 0.326 e. The Bertz CT molecular complexity index is 373. The number of urea groups is 1. The lowest BCUT2D eigenvalue weighted by molar-refractivity contribution is -0.143. The van der Waals surface area contributed by atoms with Crippen molar-refractivity contribution in [1.29, 1.82) is 0 Å². The Labute approximate surface area is 118 Å². The molecule has 0 aromatic carbocycles. The van der Waals surface area contributed by atoms with Crippen molar-refractivity contribution in [3.63, 3.8) is 0 Å². The average Bonchev–Trinajstić information content (AvgIpc) is 2.42. The van der Waals surface area contributed by atoms with Gasteiger partial charge in [0.2, 0.25) is 5.91 Å². The molecule has 114 valence electrons. The van der Waals surface area contributed by atoms with Gasteiger partial charge in [-0.05, 0) is 25.7 Å². The Morgan fingerprint density at radius 2 is 2.05 bits per heavy atom. The number of carbonyl (C=O) groups excluding carboxylic acids is 2. The number of carboxylic acids is 1. The van der Waals surface area contributed by atoms with E-state index in [0.717, 1.165) is 25.7 Å². The molecule has 1 aliphatic rings. The summed E-state index contributed by atoms with van der Waals surface area (Å²) in [6.07, 6.45) is 3.67. The number of nitrogens with two attached hydrogens (primary N) is 1. The van der Waals surface area contributed by atoms with Crippen molar-refractivity contribution in [2.24, 2.45) is 5.73 Å². The van der Waals surface area contributed by atoms with E-state index in [1.165, 1.54) is 9.80 Å².